The summed E-state index contributed by atoms with van der Waals surface area (Å²) in [5.74, 6) is -0.198. The standard InChI is InChI=1S/C17H9ClF2N4O/c18-12-7-11(5-6-13(12)20)23-15-14-17(22-8-21-15)25-16(24-14)9-1-3-10(19)4-2-9/h1-8H,(H,21,22,23). The van der Waals surface area contributed by atoms with Gasteiger partial charge >= 0.3 is 0 Å². The summed E-state index contributed by atoms with van der Waals surface area (Å²) in [7, 11) is 0. The summed E-state index contributed by atoms with van der Waals surface area (Å²) in [6.45, 7) is 0. The highest BCUT2D eigenvalue weighted by atomic mass is 35.5. The van der Waals surface area contributed by atoms with E-state index in [1.54, 1.807) is 12.1 Å². The molecule has 0 saturated carbocycles. The van der Waals surface area contributed by atoms with Crippen molar-refractivity contribution >= 4 is 34.3 Å². The van der Waals surface area contributed by atoms with Gasteiger partial charge in [0.15, 0.2) is 11.3 Å². The van der Waals surface area contributed by atoms with Crippen molar-refractivity contribution in [3.8, 4) is 11.5 Å². The van der Waals surface area contributed by atoms with E-state index in [2.05, 4.69) is 20.3 Å². The molecule has 0 atom stereocenters. The molecule has 0 unspecified atom stereocenters. The van der Waals surface area contributed by atoms with Crippen LogP contribution in [0, 0.1) is 11.6 Å². The van der Waals surface area contributed by atoms with Crippen LogP contribution in [0.2, 0.25) is 5.02 Å². The Morgan fingerprint density at radius 2 is 1.80 bits per heavy atom. The van der Waals surface area contributed by atoms with Gasteiger partial charge in [-0.2, -0.15) is 4.98 Å². The van der Waals surface area contributed by atoms with E-state index in [0.29, 0.717) is 22.6 Å². The van der Waals surface area contributed by atoms with Gasteiger partial charge < -0.3 is 9.73 Å². The highest BCUT2D eigenvalue weighted by Gasteiger charge is 2.14. The van der Waals surface area contributed by atoms with E-state index in [-0.39, 0.29) is 22.4 Å². The lowest BCUT2D eigenvalue weighted by atomic mass is 10.2. The lowest BCUT2D eigenvalue weighted by molar-refractivity contribution is 0.605. The Hall–Kier alpha value is -3.06. The molecule has 0 spiro atoms. The predicted molar refractivity (Wildman–Crippen MR) is 89.7 cm³/mol. The molecule has 0 fully saturated rings. The first kappa shape index (κ1) is 15.5. The maximum atomic E-state index is 13.3. The first-order valence-corrected chi connectivity index (χ1v) is 7.57. The van der Waals surface area contributed by atoms with E-state index < -0.39 is 5.82 Å². The molecule has 0 saturated heterocycles. The Labute approximate surface area is 145 Å². The topological polar surface area (TPSA) is 63.8 Å². The third kappa shape index (κ3) is 3.01. The predicted octanol–water partition coefficient (Wildman–Crippen LogP) is 4.96. The zero-order chi connectivity index (χ0) is 17.4. The van der Waals surface area contributed by atoms with E-state index in [4.69, 9.17) is 16.0 Å². The van der Waals surface area contributed by atoms with Crippen LogP contribution < -0.4 is 5.32 Å². The van der Waals surface area contributed by atoms with Gasteiger partial charge in [-0.1, -0.05) is 11.6 Å². The molecule has 4 aromatic rings. The summed E-state index contributed by atoms with van der Waals surface area (Å²) >= 11 is 5.78. The number of benzene rings is 2. The number of hydrogen-bond donors (Lipinski definition) is 1. The second-order valence-corrected chi connectivity index (χ2v) is 5.56. The zero-order valence-electron chi connectivity index (χ0n) is 12.5. The fraction of sp³-hybridized carbons (Fsp3) is 0. The SMILES string of the molecule is Fc1ccc(-c2nc3c(Nc4ccc(F)c(Cl)c4)ncnc3o2)cc1. The van der Waals surface area contributed by atoms with Crippen molar-refractivity contribution < 1.29 is 13.2 Å². The molecule has 25 heavy (non-hydrogen) atoms. The molecule has 1 N–H and O–H groups in total. The first-order valence-electron chi connectivity index (χ1n) is 7.20. The van der Waals surface area contributed by atoms with Gasteiger partial charge in [-0.25, -0.2) is 18.7 Å². The number of rotatable bonds is 3. The van der Waals surface area contributed by atoms with Crippen molar-refractivity contribution in [2.75, 3.05) is 5.32 Å². The van der Waals surface area contributed by atoms with Crippen LogP contribution in [0.25, 0.3) is 22.7 Å². The average Bonchev–Trinajstić information content (AvgIpc) is 3.04. The molecule has 2 aromatic heterocycles. The highest BCUT2D eigenvalue weighted by Crippen LogP contribution is 2.29. The van der Waals surface area contributed by atoms with Gasteiger partial charge in [-0.3, -0.25) is 0 Å². The monoisotopic (exact) mass is 358 g/mol. The minimum absolute atomic E-state index is 0.0116. The molecular formula is C17H9ClF2N4O. The average molecular weight is 359 g/mol. The maximum Gasteiger partial charge on any atom is 0.252 e. The van der Waals surface area contributed by atoms with Gasteiger partial charge in [0.2, 0.25) is 5.89 Å². The molecule has 8 heteroatoms. The second-order valence-electron chi connectivity index (χ2n) is 5.16. The summed E-state index contributed by atoms with van der Waals surface area (Å²) in [6, 6.07) is 9.95. The van der Waals surface area contributed by atoms with Crippen LogP contribution in [0.3, 0.4) is 0 Å². The molecule has 2 aromatic carbocycles. The van der Waals surface area contributed by atoms with Crippen LogP contribution in [0.15, 0.2) is 53.2 Å². The van der Waals surface area contributed by atoms with Crippen molar-refractivity contribution in [2.24, 2.45) is 0 Å². The molecule has 0 aliphatic rings. The Morgan fingerprint density at radius 1 is 1.00 bits per heavy atom. The molecule has 4 rings (SSSR count). The molecular weight excluding hydrogens is 350 g/mol. The Bertz CT molecular complexity index is 1070. The molecule has 0 aliphatic heterocycles. The molecule has 0 aliphatic carbocycles. The summed E-state index contributed by atoms with van der Waals surface area (Å²) in [6.07, 6.45) is 1.31. The van der Waals surface area contributed by atoms with Crippen LogP contribution >= 0.6 is 11.6 Å². The second kappa shape index (κ2) is 6.10. The van der Waals surface area contributed by atoms with Gasteiger partial charge in [0.25, 0.3) is 5.71 Å². The summed E-state index contributed by atoms with van der Waals surface area (Å²) in [5.41, 5.74) is 1.81. The van der Waals surface area contributed by atoms with Crippen molar-refractivity contribution in [3.63, 3.8) is 0 Å². The summed E-state index contributed by atoms with van der Waals surface area (Å²) < 4.78 is 31.9. The number of fused-ring (bicyclic) bond motifs is 1. The molecule has 5 nitrogen and oxygen atoms in total. The largest absolute Gasteiger partial charge is 0.417 e. The number of nitrogens with one attached hydrogen (secondary N) is 1. The minimum atomic E-state index is -0.514. The van der Waals surface area contributed by atoms with Gasteiger partial charge in [-0.05, 0) is 42.5 Å². The third-order valence-electron chi connectivity index (χ3n) is 3.47. The minimum Gasteiger partial charge on any atom is -0.417 e. The van der Waals surface area contributed by atoms with E-state index in [9.17, 15) is 8.78 Å². The van der Waals surface area contributed by atoms with Gasteiger partial charge in [-0.15, -0.1) is 0 Å². The van der Waals surface area contributed by atoms with Gasteiger partial charge in [0.05, 0.1) is 5.02 Å². The normalized spacial score (nSPS) is 11.0. The summed E-state index contributed by atoms with van der Waals surface area (Å²) in [5, 5.41) is 2.99. The first-order chi connectivity index (χ1) is 12.1. The molecule has 124 valence electrons. The number of aromatic nitrogens is 3. The van der Waals surface area contributed by atoms with Crippen LogP contribution in [-0.2, 0) is 0 Å². The third-order valence-corrected chi connectivity index (χ3v) is 3.76. The van der Waals surface area contributed by atoms with E-state index in [1.807, 2.05) is 0 Å². The van der Waals surface area contributed by atoms with Crippen molar-refractivity contribution in [3.05, 3.63) is 65.4 Å². The Balaban J connectivity index is 1.74. The summed E-state index contributed by atoms with van der Waals surface area (Å²) in [4.78, 5) is 12.5. The lowest BCUT2D eigenvalue weighted by Crippen LogP contribution is -1.96. The maximum absolute atomic E-state index is 13.3. The quantitative estimate of drug-likeness (QED) is 0.560. The number of nitrogens with zero attached hydrogens (tertiary/aromatic N) is 3. The highest BCUT2D eigenvalue weighted by molar-refractivity contribution is 6.31. The fourth-order valence-electron chi connectivity index (χ4n) is 2.27. The Kier molecular flexibility index (Phi) is 3.77. The number of halogens is 3. The van der Waals surface area contributed by atoms with Gasteiger partial charge in [0.1, 0.15) is 18.0 Å². The van der Waals surface area contributed by atoms with E-state index >= 15 is 0 Å². The number of oxazole rings is 1. The molecule has 0 amide bonds. The number of anilines is 2. The molecule has 2 heterocycles. The molecule has 0 radical (unpaired) electrons. The van der Waals surface area contributed by atoms with E-state index in [1.165, 1.54) is 36.7 Å². The molecule has 0 bridgehead atoms. The Morgan fingerprint density at radius 3 is 2.56 bits per heavy atom. The van der Waals surface area contributed by atoms with Crippen LogP contribution in [0.5, 0.6) is 0 Å². The smallest absolute Gasteiger partial charge is 0.252 e. The lowest BCUT2D eigenvalue weighted by Gasteiger charge is -2.05. The van der Waals surface area contributed by atoms with Crippen LogP contribution in [0.1, 0.15) is 0 Å². The van der Waals surface area contributed by atoms with Gasteiger partial charge in [0, 0.05) is 11.3 Å². The number of hydrogen-bond acceptors (Lipinski definition) is 5. The van der Waals surface area contributed by atoms with E-state index in [0.717, 1.165) is 0 Å². The van der Waals surface area contributed by atoms with Crippen molar-refractivity contribution in [1.82, 2.24) is 15.0 Å². The van der Waals surface area contributed by atoms with Crippen LogP contribution in [0.4, 0.5) is 20.3 Å². The van der Waals surface area contributed by atoms with Crippen molar-refractivity contribution in [2.45, 2.75) is 0 Å². The zero-order valence-corrected chi connectivity index (χ0v) is 13.3. The van der Waals surface area contributed by atoms with Crippen molar-refractivity contribution in [1.29, 1.82) is 0 Å². The fourth-order valence-corrected chi connectivity index (χ4v) is 2.45. The van der Waals surface area contributed by atoms with Crippen LogP contribution in [-0.4, -0.2) is 15.0 Å².